The number of hydrogen-bond acceptors (Lipinski definition) is 6. The Bertz CT molecular complexity index is 1650. The van der Waals surface area contributed by atoms with E-state index in [-0.39, 0.29) is 5.91 Å². The highest BCUT2D eigenvalue weighted by atomic mass is 35.5. The van der Waals surface area contributed by atoms with Crippen LogP contribution in [0.3, 0.4) is 0 Å². The summed E-state index contributed by atoms with van der Waals surface area (Å²) in [6, 6.07) is 27.3. The third-order valence-corrected chi connectivity index (χ3v) is 7.41. The smallest absolute Gasteiger partial charge is 0.276 e. The fourth-order valence-electron chi connectivity index (χ4n) is 4.53. The van der Waals surface area contributed by atoms with Gasteiger partial charge in [-0.1, -0.05) is 84.0 Å². The Hall–Kier alpha value is -3.81. The Morgan fingerprint density at radius 2 is 1.72 bits per heavy atom. The molecule has 4 aromatic carbocycles. The summed E-state index contributed by atoms with van der Waals surface area (Å²) < 4.78 is 5.60. The molecule has 4 aromatic rings. The number of halogens is 1. The van der Waals surface area contributed by atoms with Crippen LogP contribution in [0.25, 0.3) is 16.5 Å². The minimum Gasteiger partial charge on any atom is -0.496 e. The van der Waals surface area contributed by atoms with Crippen molar-refractivity contribution in [2.45, 2.75) is 11.9 Å². The van der Waals surface area contributed by atoms with Crippen molar-refractivity contribution in [2.75, 3.05) is 7.11 Å². The molecule has 6 rings (SSSR count). The molecule has 0 aromatic heterocycles. The first-order valence-electron chi connectivity index (χ1n) is 11.4. The highest BCUT2D eigenvalue weighted by Gasteiger charge is 2.35. The van der Waals surface area contributed by atoms with Crippen LogP contribution in [0.15, 0.2) is 95.0 Å². The van der Waals surface area contributed by atoms with Crippen molar-refractivity contribution in [3.8, 4) is 5.75 Å². The third kappa shape index (κ3) is 4.00. The summed E-state index contributed by atoms with van der Waals surface area (Å²) in [6.45, 7) is 0. The van der Waals surface area contributed by atoms with E-state index in [2.05, 4.69) is 5.32 Å². The maximum Gasteiger partial charge on any atom is 0.276 e. The standard InChI is InChI=1S/C28H21ClN4O2S/c1-35-24-15-14-21(19-6-2-3-7-20(19)24)26-30-23-9-5-4-8-22(23)25-27(34)31-28(32-33(25)26)36-16-17-10-12-18(29)13-11-17/h2-15,26H,16H2,1H3,(H,31,32,34)/t26-/m0/s1. The number of nitrogens with one attached hydrogen (secondary N) is 1. The van der Waals surface area contributed by atoms with Crippen molar-refractivity contribution < 1.29 is 9.53 Å². The molecule has 0 aliphatic carbocycles. The van der Waals surface area contributed by atoms with Crippen LogP contribution in [0.4, 0.5) is 0 Å². The lowest BCUT2D eigenvalue weighted by Crippen LogP contribution is -2.50. The summed E-state index contributed by atoms with van der Waals surface area (Å²) in [5, 5.41) is 14.3. The molecule has 2 aliphatic rings. The molecule has 1 atom stereocenters. The number of amides is 1. The van der Waals surface area contributed by atoms with E-state index in [1.807, 2.05) is 84.9 Å². The number of thioether (sulfide) groups is 1. The zero-order chi connectivity index (χ0) is 24.6. The second-order valence-electron chi connectivity index (χ2n) is 8.39. The monoisotopic (exact) mass is 512 g/mol. The van der Waals surface area contributed by atoms with Crippen molar-refractivity contribution in [1.82, 2.24) is 10.3 Å². The predicted octanol–water partition coefficient (Wildman–Crippen LogP) is 4.58. The van der Waals surface area contributed by atoms with E-state index >= 15 is 0 Å². The van der Waals surface area contributed by atoms with Crippen LogP contribution in [0.1, 0.15) is 17.3 Å². The van der Waals surface area contributed by atoms with Gasteiger partial charge in [-0.05, 0) is 35.2 Å². The van der Waals surface area contributed by atoms with Gasteiger partial charge in [0.25, 0.3) is 5.91 Å². The summed E-state index contributed by atoms with van der Waals surface area (Å²) in [5.41, 5.74) is 2.52. The number of hydrazone groups is 1. The number of hydrogen-bond donors (Lipinski definition) is 1. The Morgan fingerprint density at radius 3 is 2.53 bits per heavy atom. The van der Waals surface area contributed by atoms with Crippen LogP contribution >= 0.6 is 23.4 Å². The average molecular weight is 513 g/mol. The van der Waals surface area contributed by atoms with Gasteiger partial charge in [0.15, 0.2) is 11.3 Å². The molecule has 36 heavy (non-hydrogen) atoms. The number of nitrogens with zero attached hydrogens (tertiary/aromatic N) is 3. The van der Waals surface area contributed by atoms with Crippen LogP contribution < -0.4 is 20.6 Å². The topological polar surface area (TPSA) is 66.3 Å². The van der Waals surface area contributed by atoms with Gasteiger partial charge in [0.2, 0.25) is 0 Å². The number of methoxy groups -OCH3 is 1. The molecule has 8 heteroatoms. The molecule has 2 heterocycles. The first-order chi connectivity index (χ1) is 17.6. The predicted molar refractivity (Wildman–Crippen MR) is 144 cm³/mol. The SMILES string of the molecule is COc1ccc([C@H]2N=c3ccccc3=C3C(=O)NC(SCc4ccc(Cl)cc4)=NN32)c2ccccc12. The highest BCUT2D eigenvalue weighted by molar-refractivity contribution is 8.13. The number of carbonyl (C=O) groups excluding carboxylic acids is 1. The molecule has 6 nitrogen and oxygen atoms in total. The molecule has 0 unspecified atom stereocenters. The molecule has 1 N–H and O–H groups in total. The maximum atomic E-state index is 13.4. The molecule has 2 aliphatic heterocycles. The molecular weight excluding hydrogens is 492 g/mol. The molecule has 0 fully saturated rings. The van der Waals surface area contributed by atoms with Crippen LogP contribution in [0.2, 0.25) is 5.02 Å². The van der Waals surface area contributed by atoms with Crippen molar-refractivity contribution in [1.29, 1.82) is 0 Å². The van der Waals surface area contributed by atoms with E-state index in [1.165, 1.54) is 11.8 Å². The lowest BCUT2D eigenvalue weighted by atomic mass is 10.00. The minimum absolute atomic E-state index is 0.200. The molecule has 0 radical (unpaired) electrons. The van der Waals surface area contributed by atoms with Crippen LogP contribution in [0, 0.1) is 0 Å². The van der Waals surface area contributed by atoms with Crippen molar-refractivity contribution in [3.63, 3.8) is 0 Å². The van der Waals surface area contributed by atoms with E-state index in [9.17, 15) is 4.79 Å². The minimum atomic E-state index is -0.511. The second-order valence-corrected chi connectivity index (χ2v) is 9.79. The van der Waals surface area contributed by atoms with Gasteiger partial charge in [-0.2, -0.15) is 0 Å². The molecule has 0 saturated carbocycles. The lowest BCUT2D eigenvalue weighted by molar-refractivity contribution is -0.116. The van der Waals surface area contributed by atoms with Gasteiger partial charge in [0, 0.05) is 26.9 Å². The van der Waals surface area contributed by atoms with Gasteiger partial charge in [-0.25, -0.2) is 5.01 Å². The van der Waals surface area contributed by atoms with Crippen molar-refractivity contribution in [2.24, 2.45) is 10.1 Å². The van der Waals surface area contributed by atoms with Gasteiger partial charge in [-0.15, -0.1) is 5.10 Å². The summed E-state index contributed by atoms with van der Waals surface area (Å²) in [4.78, 5) is 18.5. The average Bonchev–Trinajstić information content (AvgIpc) is 2.91. The van der Waals surface area contributed by atoms with E-state index < -0.39 is 6.17 Å². The Balaban J connectivity index is 1.47. The Kier molecular flexibility index (Phi) is 5.87. The molecule has 0 saturated heterocycles. The summed E-state index contributed by atoms with van der Waals surface area (Å²) in [7, 11) is 1.66. The summed E-state index contributed by atoms with van der Waals surface area (Å²) >= 11 is 7.48. The van der Waals surface area contributed by atoms with E-state index in [1.54, 1.807) is 12.1 Å². The largest absolute Gasteiger partial charge is 0.496 e. The van der Waals surface area contributed by atoms with Crippen LogP contribution in [0.5, 0.6) is 5.75 Å². The van der Waals surface area contributed by atoms with E-state index in [4.69, 9.17) is 26.4 Å². The molecule has 0 spiro atoms. The van der Waals surface area contributed by atoms with Crippen LogP contribution in [-0.4, -0.2) is 23.2 Å². The Morgan fingerprint density at radius 1 is 0.972 bits per heavy atom. The number of benzene rings is 4. The number of carbonyl (C=O) groups is 1. The number of amidine groups is 1. The fraction of sp³-hybridized carbons (Fsp3) is 0.107. The number of fused-ring (bicyclic) bond motifs is 3. The summed E-state index contributed by atoms with van der Waals surface area (Å²) in [5.74, 6) is 1.23. The zero-order valence-electron chi connectivity index (χ0n) is 19.3. The lowest BCUT2D eigenvalue weighted by Gasteiger charge is -2.34. The summed E-state index contributed by atoms with van der Waals surface area (Å²) in [6.07, 6.45) is -0.511. The van der Waals surface area contributed by atoms with Gasteiger partial charge in [0.1, 0.15) is 11.4 Å². The number of para-hydroxylation sites is 1. The molecule has 178 valence electrons. The number of ether oxygens (including phenoxy) is 1. The van der Waals surface area contributed by atoms with E-state index in [0.717, 1.165) is 38.2 Å². The highest BCUT2D eigenvalue weighted by Crippen LogP contribution is 2.37. The zero-order valence-corrected chi connectivity index (χ0v) is 20.9. The molecular formula is C28H21ClN4O2S. The van der Waals surface area contributed by atoms with Crippen molar-refractivity contribution in [3.05, 3.63) is 112 Å². The van der Waals surface area contributed by atoms with Gasteiger partial charge >= 0.3 is 0 Å². The fourth-order valence-corrected chi connectivity index (χ4v) is 5.46. The normalized spacial score (nSPS) is 16.6. The third-order valence-electron chi connectivity index (χ3n) is 6.22. The first kappa shape index (κ1) is 22.6. The van der Waals surface area contributed by atoms with Gasteiger partial charge < -0.3 is 4.74 Å². The first-order valence-corrected chi connectivity index (χ1v) is 12.8. The van der Waals surface area contributed by atoms with Crippen LogP contribution in [-0.2, 0) is 10.5 Å². The Labute approximate surface area is 216 Å². The van der Waals surface area contributed by atoms with Gasteiger partial charge in [-0.3, -0.25) is 15.1 Å². The van der Waals surface area contributed by atoms with Gasteiger partial charge in [0.05, 0.1) is 12.5 Å². The molecule has 1 amide bonds. The molecule has 0 bridgehead atoms. The van der Waals surface area contributed by atoms with Crippen molar-refractivity contribution >= 4 is 50.9 Å². The second kappa shape index (κ2) is 9.33. The quantitative estimate of drug-likeness (QED) is 0.435. The van der Waals surface area contributed by atoms with E-state index in [0.29, 0.717) is 21.6 Å². The number of rotatable bonds is 4. The maximum absolute atomic E-state index is 13.4.